The fraction of sp³-hybridized carbons (Fsp3) is 0.261. The lowest BCUT2D eigenvalue weighted by Crippen LogP contribution is -2.55. The lowest BCUT2D eigenvalue weighted by atomic mass is 9.92. The Hall–Kier alpha value is -3.63. The molecule has 4 heterocycles. The molecule has 10 heteroatoms. The number of pyridine rings is 1. The smallest absolute Gasteiger partial charge is 0.229 e. The second-order valence-electron chi connectivity index (χ2n) is 8.29. The molecule has 2 unspecified atom stereocenters. The molecule has 1 aliphatic heterocycles. The van der Waals surface area contributed by atoms with Gasteiger partial charge in [0.1, 0.15) is 11.6 Å². The first-order chi connectivity index (χ1) is 15.9. The minimum absolute atomic E-state index is 0.00177. The van der Waals surface area contributed by atoms with Gasteiger partial charge in [0.25, 0.3) is 0 Å². The molecule has 8 nitrogen and oxygen atoms in total. The van der Waals surface area contributed by atoms with Crippen LogP contribution in [0.3, 0.4) is 0 Å². The van der Waals surface area contributed by atoms with Crippen LogP contribution in [-0.2, 0) is 0 Å². The average Bonchev–Trinajstić information content (AvgIpc) is 3.19. The van der Waals surface area contributed by atoms with E-state index in [0.29, 0.717) is 30.2 Å². The number of fused-ring (bicyclic) bond motifs is 1. The van der Waals surface area contributed by atoms with Crippen LogP contribution in [-0.4, -0.2) is 49.9 Å². The number of hydrogen-bond donors (Lipinski definition) is 3. The highest BCUT2D eigenvalue weighted by atomic mass is 19.1. The minimum atomic E-state index is -0.691. The van der Waals surface area contributed by atoms with Crippen molar-refractivity contribution in [3.05, 3.63) is 66.6 Å². The molecule has 0 saturated carbocycles. The van der Waals surface area contributed by atoms with Gasteiger partial charge < -0.3 is 21.1 Å². The van der Waals surface area contributed by atoms with E-state index in [0.717, 1.165) is 5.69 Å². The van der Waals surface area contributed by atoms with Crippen molar-refractivity contribution in [3.63, 3.8) is 0 Å². The Balaban J connectivity index is 1.51. The summed E-state index contributed by atoms with van der Waals surface area (Å²) in [6.45, 7) is 3.08. The maximum absolute atomic E-state index is 14.3. The van der Waals surface area contributed by atoms with Crippen molar-refractivity contribution in [2.24, 2.45) is 11.7 Å². The molecule has 0 amide bonds. The van der Waals surface area contributed by atoms with Crippen LogP contribution in [0.25, 0.3) is 16.8 Å². The molecule has 3 atom stereocenters. The second kappa shape index (κ2) is 8.38. The maximum atomic E-state index is 14.3. The van der Waals surface area contributed by atoms with Gasteiger partial charge in [-0.3, -0.25) is 4.98 Å². The fourth-order valence-electron chi connectivity index (χ4n) is 4.24. The standard InChI is InChI=1S/C23H23F2N7O/c1-13-11-31(12-17(26)22(13)33)20-7-8-27-10-19(20)29-23-28-9-14-5-6-18(30-32(14)23)21-15(24)3-2-4-16(21)25/h2-10,13,17,22,33H,11-12,26H2,1H3,(H,28,29)/t13-,17?,22?/m1/s1. The number of nitrogens with one attached hydrogen (secondary N) is 1. The molecule has 1 aliphatic rings. The lowest BCUT2D eigenvalue weighted by molar-refractivity contribution is 0.0785. The van der Waals surface area contributed by atoms with Crippen molar-refractivity contribution in [1.82, 2.24) is 19.6 Å². The van der Waals surface area contributed by atoms with Crippen molar-refractivity contribution >= 4 is 22.8 Å². The molecule has 0 aliphatic carbocycles. The van der Waals surface area contributed by atoms with Gasteiger partial charge in [0.2, 0.25) is 5.95 Å². The van der Waals surface area contributed by atoms with Crippen molar-refractivity contribution in [3.8, 4) is 11.3 Å². The van der Waals surface area contributed by atoms with Gasteiger partial charge in [-0.05, 0) is 30.3 Å². The molecule has 170 valence electrons. The molecule has 33 heavy (non-hydrogen) atoms. The van der Waals surface area contributed by atoms with E-state index in [1.807, 2.05) is 13.0 Å². The van der Waals surface area contributed by atoms with Gasteiger partial charge in [0, 0.05) is 31.2 Å². The summed E-state index contributed by atoms with van der Waals surface area (Å²) in [5.74, 6) is -1.01. The molecular weight excluding hydrogens is 428 g/mol. The summed E-state index contributed by atoms with van der Waals surface area (Å²) in [5, 5.41) is 17.9. The number of anilines is 3. The molecule has 4 N–H and O–H groups in total. The lowest BCUT2D eigenvalue weighted by Gasteiger charge is -2.40. The quantitative estimate of drug-likeness (QED) is 0.438. The topological polar surface area (TPSA) is 105 Å². The number of nitrogens with zero attached hydrogens (tertiary/aromatic N) is 5. The van der Waals surface area contributed by atoms with Crippen molar-refractivity contribution in [2.45, 2.75) is 19.1 Å². The highest BCUT2D eigenvalue weighted by Gasteiger charge is 2.31. The monoisotopic (exact) mass is 451 g/mol. The van der Waals surface area contributed by atoms with Gasteiger partial charge >= 0.3 is 0 Å². The van der Waals surface area contributed by atoms with E-state index < -0.39 is 17.7 Å². The number of aliphatic hydroxyl groups is 1. The Morgan fingerprint density at radius 3 is 2.64 bits per heavy atom. The number of rotatable bonds is 4. The van der Waals surface area contributed by atoms with Crippen molar-refractivity contribution in [2.75, 3.05) is 23.3 Å². The molecule has 5 rings (SSSR count). The number of piperidine rings is 1. The van der Waals surface area contributed by atoms with Crippen molar-refractivity contribution in [1.29, 1.82) is 0 Å². The summed E-state index contributed by atoms with van der Waals surface area (Å²) in [6, 6.07) is 8.45. The first-order valence-corrected chi connectivity index (χ1v) is 10.6. The van der Waals surface area contributed by atoms with E-state index in [1.165, 1.54) is 22.7 Å². The number of hydrogen-bond acceptors (Lipinski definition) is 7. The van der Waals surface area contributed by atoms with E-state index in [1.54, 1.807) is 30.7 Å². The van der Waals surface area contributed by atoms with Gasteiger partial charge in [0.15, 0.2) is 0 Å². The minimum Gasteiger partial charge on any atom is -0.391 e. The second-order valence-corrected chi connectivity index (χ2v) is 8.29. The SMILES string of the molecule is C[C@@H]1CN(c2ccncc2Nc2ncc3ccc(-c4c(F)cccc4F)nn23)CC(N)C1O. The highest BCUT2D eigenvalue weighted by molar-refractivity contribution is 5.74. The van der Waals surface area contributed by atoms with Crippen LogP contribution >= 0.6 is 0 Å². The van der Waals surface area contributed by atoms with Crippen LogP contribution in [0.2, 0.25) is 0 Å². The van der Waals surface area contributed by atoms with Crippen molar-refractivity contribution < 1.29 is 13.9 Å². The van der Waals surface area contributed by atoms with E-state index in [2.05, 4.69) is 25.3 Å². The predicted octanol–water partition coefficient (Wildman–Crippen LogP) is 2.96. The van der Waals surface area contributed by atoms with Gasteiger partial charge in [-0.1, -0.05) is 13.0 Å². The first kappa shape index (κ1) is 21.2. The normalized spacial score (nSPS) is 20.9. The molecular formula is C23H23F2N7O. The summed E-state index contributed by atoms with van der Waals surface area (Å²) in [5.41, 5.74) is 8.27. The number of benzene rings is 1. The zero-order chi connectivity index (χ0) is 23.1. The van der Waals surface area contributed by atoms with Gasteiger partial charge in [-0.25, -0.2) is 13.8 Å². The van der Waals surface area contributed by atoms with Crippen LogP contribution < -0.4 is 16.0 Å². The third-order valence-corrected chi connectivity index (χ3v) is 5.95. The molecule has 3 aromatic heterocycles. The Labute approximate surface area is 188 Å². The summed E-state index contributed by atoms with van der Waals surface area (Å²) < 4.78 is 30.1. The van der Waals surface area contributed by atoms with Crippen LogP contribution in [0, 0.1) is 17.6 Å². The summed E-state index contributed by atoms with van der Waals surface area (Å²) in [6.07, 6.45) is 4.40. The third-order valence-electron chi connectivity index (χ3n) is 5.95. The Bertz CT molecular complexity index is 1280. The van der Waals surface area contributed by atoms with Crippen LogP contribution in [0.4, 0.5) is 26.1 Å². The van der Waals surface area contributed by atoms with Gasteiger partial charge in [-0.2, -0.15) is 9.61 Å². The van der Waals surface area contributed by atoms with Gasteiger partial charge in [0.05, 0.1) is 46.6 Å². The molecule has 1 aromatic carbocycles. The Morgan fingerprint density at radius 2 is 1.88 bits per heavy atom. The van der Waals surface area contributed by atoms with Gasteiger partial charge in [-0.15, -0.1) is 0 Å². The third kappa shape index (κ3) is 3.87. The average molecular weight is 451 g/mol. The molecule has 1 fully saturated rings. The zero-order valence-electron chi connectivity index (χ0n) is 17.9. The maximum Gasteiger partial charge on any atom is 0.229 e. The Kier molecular flexibility index (Phi) is 5.39. The van der Waals surface area contributed by atoms with Crippen LogP contribution in [0.5, 0.6) is 0 Å². The van der Waals surface area contributed by atoms with Crippen LogP contribution in [0.1, 0.15) is 6.92 Å². The fourth-order valence-corrected chi connectivity index (χ4v) is 4.24. The van der Waals surface area contributed by atoms with E-state index in [4.69, 9.17) is 5.73 Å². The van der Waals surface area contributed by atoms with E-state index in [-0.39, 0.29) is 23.2 Å². The summed E-state index contributed by atoms with van der Waals surface area (Å²) in [7, 11) is 0. The van der Waals surface area contributed by atoms with E-state index >= 15 is 0 Å². The molecule has 0 bridgehead atoms. The first-order valence-electron chi connectivity index (χ1n) is 10.6. The number of aliphatic hydroxyl groups excluding tert-OH is 1. The molecule has 1 saturated heterocycles. The Morgan fingerprint density at radius 1 is 1.09 bits per heavy atom. The summed E-state index contributed by atoms with van der Waals surface area (Å²) in [4.78, 5) is 10.7. The zero-order valence-corrected chi connectivity index (χ0v) is 17.9. The number of imidazole rings is 1. The number of nitrogens with two attached hydrogens (primary N) is 1. The highest BCUT2D eigenvalue weighted by Crippen LogP contribution is 2.31. The largest absolute Gasteiger partial charge is 0.391 e. The predicted molar refractivity (Wildman–Crippen MR) is 121 cm³/mol. The van der Waals surface area contributed by atoms with E-state index in [9.17, 15) is 13.9 Å². The number of halogens is 2. The van der Waals surface area contributed by atoms with Crippen LogP contribution in [0.15, 0.2) is 55.0 Å². The molecule has 0 radical (unpaired) electrons. The number of aromatic nitrogens is 4. The molecule has 0 spiro atoms. The summed E-state index contributed by atoms with van der Waals surface area (Å²) >= 11 is 0. The molecule has 4 aromatic rings.